The van der Waals surface area contributed by atoms with E-state index in [2.05, 4.69) is 50.4 Å². The Bertz CT molecular complexity index is 491. The summed E-state index contributed by atoms with van der Waals surface area (Å²) in [5, 5.41) is 3.39. The van der Waals surface area contributed by atoms with E-state index in [0.29, 0.717) is 5.92 Å². The van der Waals surface area contributed by atoms with Gasteiger partial charge in [0.1, 0.15) is 4.99 Å². The molecule has 2 rings (SSSR count). The van der Waals surface area contributed by atoms with Crippen molar-refractivity contribution in [2.24, 2.45) is 10.9 Å². The van der Waals surface area contributed by atoms with Gasteiger partial charge in [0.2, 0.25) is 0 Å². The molecule has 0 fully saturated rings. The summed E-state index contributed by atoms with van der Waals surface area (Å²) in [7, 11) is 0. The van der Waals surface area contributed by atoms with Crippen LogP contribution in [-0.4, -0.2) is 10.7 Å². The van der Waals surface area contributed by atoms with Crippen LogP contribution in [0.4, 0.5) is 0 Å². The van der Waals surface area contributed by atoms with Gasteiger partial charge in [-0.25, -0.2) is 0 Å². The number of thiocarbonyl (C=S) groups is 1. The van der Waals surface area contributed by atoms with Crippen molar-refractivity contribution in [2.45, 2.75) is 33.4 Å². The van der Waals surface area contributed by atoms with Gasteiger partial charge in [0.25, 0.3) is 0 Å². The van der Waals surface area contributed by atoms with Gasteiger partial charge in [-0.15, -0.1) is 0 Å². The lowest BCUT2D eigenvalue weighted by Crippen LogP contribution is -2.43. The summed E-state index contributed by atoms with van der Waals surface area (Å²) < 4.78 is 0. The predicted molar refractivity (Wildman–Crippen MR) is 76.5 cm³/mol. The summed E-state index contributed by atoms with van der Waals surface area (Å²) in [4.78, 5) is 5.54. The van der Waals surface area contributed by atoms with Crippen LogP contribution in [-0.2, 0) is 5.66 Å². The van der Waals surface area contributed by atoms with Crippen molar-refractivity contribution in [3.05, 3.63) is 35.4 Å². The Balaban J connectivity index is 2.55. The molecule has 1 unspecified atom stereocenters. The Morgan fingerprint density at radius 3 is 2.47 bits per heavy atom. The van der Waals surface area contributed by atoms with Crippen LogP contribution in [0.25, 0.3) is 0 Å². The minimum atomic E-state index is -0.382. The number of hydrogen-bond donors (Lipinski definition) is 1. The zero-order chi connectivity index (χ0) is 12.6. The van der Waals surface area contributed by atoms with Crippen LogP contribution in [0, 0.1) is 12.8 Å². The molecule has 0 saturated carbocycles. The molecule has 1 aliphatic heterocycles. The van der Waals surface area contributed by atoms with Gasteiger partial charge in [-0.2, -0.15) is 0 Å². The Hall–Kier alpha value is -1.22. The van der Waals surface area contributed by atoms with Crippen LogP contribution in [0.1, 0.15) is 31.9 Å². The molecule has 1 heterocycles. The molecule has 3 heteroatoms. The highest BCUT2D eigenvalue weighted by Crippen LogP contribution is 2.34. The number of nitrogens with zero attached hydrogens (tertiary/aromatic N) is 1. The normalized spacial score (nSPS) is 23.8. The number of benzene rings is 1. The largest absolute Gasteiger partial charge is 0.347 e. The number of rotatable bonds is 2. The van der Waals surface area contributed by atoms with Gasteiger partial charge in [0, 0.05) is 5.92 Å². The fourth-order valence-corrected chi connectivity index (χ4v) is 2.43. The van der Waals surface area contributed by atoms with Crippen LogP contribution >= 0.6 is 12.2 Å². The second-order valence-electron chi connectivity index (χ2n) is 4.94. The highest BCUT2D eigenvalue weighted by atomic mass is 32.1. The third-order valence-corrected chi connectivity index (χ3v) is 3.67. The molecule has 0 aliphatic carbocycles. The molecule has 1 aromatic rings. The molecule has 0 aromatic heterocycles. The third-order valence-electron chi connectivity index (χ3n) is 3.27. The maximum atomic E-state index is 5.30. The first-order valence-corrected chi connectivity index (χ1v) is 6.32. The van der Waals surface area contributed by atoms with E-state index in [-0.39, 0.29) is 5.66 Å². The van der Waals surface area contributed by atoms with Crippen LogP contribution in [0.15, 0.2) is 29.3 Å². The summed E-state index contributed by atoms with van der Waals surface area (Å²) in [6.45, 7) is 8.40. The lowest BCUT2D eigenvalue weighted by Gasteiger charge is -2.32. The quantitative estimate of drug-likeness (QED) is 0.810. The summed E-state index contributed by atoms with van der Waals surface area (Å²) >= 11 is 5.30. The average Bonchev–Trinajstić information content (AvgIpc) is 2.56. The first-order valence-electron chi connectivity index (χ1n) is 5.92. The van der Waals surface area contributed by atoms with E-state index in [0.717, 1.165) is 10.7 Å². The lowest BCUT2D eigenvalue weighted by atomic mass is 9.88. The van der Waals surface area contributed by atoms with Gasteiger partial charge in [-0.05, 0) is 19.4 Å². The SMILES string of the molecule is CC1=NC(c2cccc(C)c2)(C(C)C)NC1=S. The van der Waals surface area contributed by atoms with Crippen molar-refractivity contribution in [2.75, 3.05) is 0 Å². The van der Waals surface area contributed by atoms with E-state index < -0.39 is 0 Å². The number of nitrogens with one attached hydrogen (secondary N) is 1. The summed E-state index contributed by atoms with van der Waals surface area (Å²) in [6, 6.07) is 8.46. The van der Waals surface area contributed by atoms with Crippen LogP contribution in [0.5, 0.6) is 0 Å². The van der Waals surface area contributed by atoms with Gasteiger partial charge in [0.15, 0.2) is 5.66 Å². The molecule has 0 radical (unpaired) electrons. The summed E-state index contributed by atoms with van der Waals surface area (Å²) in [5.74, 6) is 0.347. The highest BCUT2D eigenvalue weighted by molar-refractivity contribution is 7.82. The van der Waals surface area contributed by atoms with E-state index in [1.165, 1.54) is 11.1 Å². The first kappa shape index (κ1) is 12.2. The van der Waals surface area contributed by atoms with Crippen molar-refractivity contribution >= 4 is 22.9 Å². The van der Waals surface area contributed by atoms with Gasteiger partial charge < -0.3 is 5.32 Å². The smallest absolute Gasteiger partial charge is 0.158 e. The van der Waals surface area contributed by atoms with Gasteiger partial charge in [-0.3, -0.25) is 4.99 Å². The Labute approximate surface area is 108 Å². The maximum Gasteiger partial charge on any atom is 0.158 e. The van der Waals surface area contributed by atoms with Crippen LogP contribution < -0.4 is 5.32 Å². The van der Waals surface area contributed by atoms with E-state index in [1.807, 2.05) is 6.92 Å². The first-order chi connectivity index (χ1) is 7.95. The number of aliphatic imine (C=N–C) groups is 1. The maximum absolute atomic E-state index is 5.30. The van der Waals surface area contributed by atoms with E-state index in [4.69, 9.17) is 17.2 Å². The molecule has 1 aromatic carbocycles. The molecule has 1 aliphatic rings. The Morgan fingerprint density at radius 2 is 2.00 bits per heavy atom. The van der Waals surface area contributed by atoms with Crippen molar-refractivity contribution in [3.8, 4) is 0 Å². The summed E-state index contributed by atoms with van der Waals surface area (Å²) in [6.07, 6.45) is 0. The topological polar surface area (TPSA) is 24.4 Å². The molecule has 90 valence electrons. The van der Waals surface area contributed by atoms with Crippen molar-refractivity contribution in [1.29, 1.82) is 0 Å². The molecule has 1 atom stereocenters. The highest BCUT2D eigenvalue weighted by Gasteiger charge is 2.40. The Morgan fingerprint density at radius 1 is 1.29 bits per heavy atom. The second-order valence-corrected chi connectivity index (χ2v) is 5.35. The van der Waals surface area contributed by atoms with Gasteiger partial charge >= 0.3 is 0 Å². The standard InChI is InChI=1S/C14H18N2S/c1-9(2)14(15-11(4)13(17)16-14)12-7-5-6-10(3)8-12/h5-9H,1-4H3,(H,16,17). The molecule has 0 spiro atoms. The fraction of sp³-hybridized carbons (Fsp3) is 0.429. The molecule has 1 N–H and O–H groups in total. The number of hydrogen-bond acceptors (Lipinski definition) is 2. The molecule has 2 nitrogen and oxygen atoms in total. The third kappa shape index (κ3) is 2.00. The average molecular weight is 246 g/mol. The van der Waals surface area contributed by atoms with Crippen molar-refractivity contribution in [1.82, 2.24) is 5.32 Å². The van der Waals surface area contributed by atoms with E-state index in [1.54, 1.807) is 0 Å². The minimum absolute atomic E-state index is 0.347. The van der Waals surface area contributed by atoms with Gasteiger partial charge in [0.05, 0.1) is 5.71 Å². The zero-order valence-corrected chi connectivity index (χ0v) is 11.6. The fourth-order valence-electron chi connectivity index (χ4n) is 2.23. The lowest BCUT2D eigenvalue weighted by molar-refractivity contribution is 0.305. The van der Waals surface area contributed by atoms with Crippen molar-refractivity contribution in [3.63, 3.8) is 0 Å². The van der Waals surface area contributed by atoms with Crippen molar-refractivity contribution < 1.29 is 0 Å². The second kappa shape index (κ2) is 4.22. The van der Waals surface area contributed by atoms with E-state index in [9.17, 15) is 0 Å². The molecular formula is C14H18N2S. The predicted octanol–water partition coefficient (Wildman–Crippen LogP) is 3.20. The molecule has 0 bridgehead atoms. The Kier molecular flexibility index (Phi) is 3.04. The van der Waals surface area contributed by atoms with E-state index >= 15 is 0 Å². The summed E-state index contributed by atoms with van der Waals surface area (Å²) in [5.41, 5.74) is 2.98. The van der Waals surface area contributed by atoms with Crippen LogP contribution in [0.3, 0.4) is 0 Å². The molecule has 0 amide bonds. The molecule has 17 heavy (non-hydrogen) atoms. The zero-order valence-electron chi connectivity index (χ0n) is 10.7. The van der Waals surface area contributed by atoms with Gasteiger partial charge in [-0.1, -0.05) is 55.9 Å². The molecular weight excluding hydrogens is 228 g/mol. The number of aryl methyl sites for hydroxylation is 1. The molecule has 0 saturated heterocycles. The van der Waals surface area contributed by atoms with Crippen LogP contribution in [0.2, 0.25) is 0 Å². The minimum Gasteiger partial charge on any atom is -0.347 e. The monoisotopic (exact) mass is 246 g/mol.